The lowest BCUT2D eigenvalue weighted by molar-refractivity contribution is -0.176. The monoisotopic (exact) mass is 335 g/mol. The van der Waals surface area contributed by atoms with Crippen molar-refractivity contribution in [2.24, 2.45) is 23.7 Å². The van der Waals surface area contributed by atoms with E-state index in [0.29, 0.717) is 26.3 Å². The highest BCUT2D eigenvalue weighted by Gasteiger charge is 2.51. The van der Waals surface area contributed by atoms with Gasteiger partial charge in [0.1, 0.15) is 5.60 Å². The number of hydrogen-bond acceptors (Lipinski definition) is 4. The first-order chi connectivity index (χ1) is 11.5. The van der Waals surface area contributed by atoms with Gasteiger partial charge in [-0.25, -0.2) is 0 Å². The van der Waals surface area contributed by atoms with Gasteiger partial charge in [0.2, 0.25) is 5.91 Å². The number of carboxylic acid groups (broad SMARTS) is 1. The zero-order valence-corrected chi connectivity index (χ0v) is 14.0. The van der Waals surface area contributed by atoms with Crippen molar-refractivity contribution in [2.45, 2.75) is 37.9 Å². The van der Waals surface area contributed by atoms with E-state index in [1.807, 2.05) is 17.9 Å². The van der Waals surface area contributed by atoms with E-state index in [0.717, 1.165) is 19.3 Å². The van der Waals surface area contributed by atoms with E-state index in [9.17, 15) is 14.7 Å². The Hall–Kier alpha value is -1.40. The van der Waals surface area contributed by atoms with Crippen molar-refractivity contribution >= 4 is 11.9 Å². The maximum absolute atomic E-state index is 13.3. The Labute approximate surface area is 141 Å². The Morgan fingerprint density at radius 1 is 1.21 bits per heavy atom. The molecule has 2 aliphatic heterocycles. The van der Waals surface area contributed by atoms with E-state index in [-0.39, 0.29) is 23.8 Å². The zero-order valence-electron chi connectivity index (χ0n) is 14.0. The molecule has 0 aromatic carbocycles. The van der Waals surface area contributed by atoms with Crippen LogP contribution in [0.3, 0.4) is 0 Å². The molecule has 6 heteroatoms. The van der Waals surface area contributed by atoms with Gasteiger partial charge in [-0.3, -0.25) is 9.59 Å². The van der Waals surface area contributed by atoms with Gasteiger partial charge in [0.05, 0.1) is 31.1 Å². The van der Waals surface area contributed by atoms with Gasteiger partial charge in [-0.2, -0.15) is 0 Å². The predicted molar refractivity (Wildman–Crippen MR) is 85.3 cm³/mol. The first kappa shape index (κ1) is 16.1. The number of carbonyl (C=O) groups is 2. The zero-order chi connectivity index (χ0) is 16.9. The molecule has 1 saturated carbocycles. The molecule has 3 fully saturated rings. The van der Waals surface area contributed by atoms with Crippen molar-refractivity contribution in [1.82, 2.24) is 4.90 Å². The van der Waals surface area contributed by atoms with E-state index in [1.54, 1.807) is 0 Å². The maximum atomic E-state index is 13.3. The van der Waals surface area contributed by atoms with Crippen LogP contribution < -0.4 is 0 Å². The minimum atomic E-state index is -0.840. The van der Waals surface area contributed by atoms with Gasteiger partial charge >= 0.3 is 5.97 Å². The van der Waals surface area contributed by atoms with Crippen molar-refractivity contribution in [3.8, 4) is 0 Å². The van der Waals surface area contributed by atoms with E-state index < -0.39 is 23.4 Å². The Balaban J connectivity index is 1.58. The van der Waals surface area contributed by atoms with Crippen molar-refractivity contribution in [1.29, 1.82) is 0 Å². The van der Waals surface area contributed by atoms with Gasteiger partial charge in [0.15, 0.2) is 0 Å². The maximum Gasteiger partial charge on any atom is 0.307 e. The SMILES string of the molecule is CC1CN(C(=O)C2C3C=CC(CC3)C2C(=O)O)CC2(CCOC2)O1. The van der Waals surface area contributed by atoms with Crippen molar-refractivity contribution in [3.63, 3.8) is 0 Å². The molecule has 0 radical (unpaired) electrons. The molecule has 0 aromatic heterocycles. The fourth-order valence-electron chi connectivity index (χ4n) is 5.08. The lowest BCUT2D eigenvalue weighted by Crippen LogP contribution is -2.60. The molecule has 1 spiro atoms. The number of ether oxygens (including phenoxy) is 2. The van der Waals surface area contributed by atoms with Crippen LogP contribution in [0.5, 0.6) is 0 Å². The average Bonchev–Trinajstić information content (AvgIpc) is 3.00. The molecule has 24 heavy (non-hydrogen) atoms. The molecular weight excluding hydrogens is 310 g/mol. The number of allylic oxidation sites excluding steroid dienone is 2. The third-order valence-corrected chi connectivity index (χ3v) is 6.11. The molecule has 6 atom stereocenters. The number of aliphatic carboxylic acids is 1. The highest BCUT2D eigenvalue weighted by molar-refractivity contribution is 5.86. The largest absolute Gasteiger partial charge is 0.481 e. The number of carbonyl (C=O) groups excluding carboxylic acids is 1. The smallest absolute Gasteiger partial charge is 0.307 e. The summed E-state index contributed by atoms with van der Waals surface area (Å²) in [6.07, 6.45) is 6.60. The lowest BCUT2D eigenvalue weighted by atomic mass is 9.61. The summed E-state index contributed by atoms with van der Waals surface area (Å²) < 4.78 is 11.6. The predicted octanol–water partition coefficient (Wildman–Crippen LogP) is 1.31. The van der Waals surface area contributed by atoms with E-state index in [1.165, 1.54) is 0 Å². The highest BCUT2D eigenvalue weighted by atomic mass is 16.6. The molecule has 1 N–H and O–H groups in total. The van der Waals surface area contributed by atoms with Crippen molar-refractivity contribution in [3.05, 3.63) is 12.2 Å². The number of hydrogen-bond donors (Lipinski definition) is 1. The number of nitrogens with zero attached hydrogens (tertiary/aromatic N) is 1. The molecule has 6 nitrogen and oxygen atoms in total. The van der Waals surface area contributed by atoms with Crippen molar-refractivity contribution < 1.29 is 24.2 Å². The molecule has 0 aromatic rings. The van der Waals surface area contributed by atoms with Crippen LogP contribution in [0.4, 0.5) is 0 Å². The molecule has 2 saturated heterocycles. The fourth-order valence-corrected chi connectivity index (χ4v) is 5.08. The molecule has 6 unspecified atom stereocenters. The summed E-state index contributed by atoms with van der Waals surface area (Å²) in [5.41, 5.74) is -0.407. The van der Waals surface area contributed by atoms with Crippen LogP contribution in [0, 0.1) is 23.7 Å². The number of amides is 1. The summed E-state index contributed by atoms with van der Waals surface area (Å²) in [4.78, 5) is 26.9. The number of fused-ring (bicyclic) bond motifs is 2. The van der Waals surface area contributed by atoms with Crippen LogP contribution in [0.1, 0.15) is 26.2 Å². The lowest BCUT2D eigenvalue weighted by Gasteiger charge is -2.47. The first-order valence-corrected chi connectivity index (χ1v) is 8.95. The summed E-state index contributed by atoms with van der Waals surface area (Å²) in [7, 11) is 0. The minimum absolute atomic E-state index is 0.0105. The summed E-state index contributed by atoms with van der Waals surface area (Å²) in [6.45, 7) is 4.19. The molecule has 1 amide bonds. The third kappa shape index (κ3) is 2.56. The van der Waals surface area contributed by atoms with Crippen LogP contribution in [0.25, 0.3) is 0 Å². The molecular formula is C18H25NO5. The Morgan fingerprint density at radius 2 is 1.92 bits per heavy atom. The van der Waals surface area contributed by atoms with Crippen LogP contribution in [-0.4, -0.2) is 59.9 Å². The number of carboxylic acids is 1. The van der Waals surface area contributed by atoms with Gasteiger partial charge in [0.25, 0.3) is 0 Å². The quantitative estimate of drug-likeness (QED) is 0.770. The summed E-state index contributed by atoms with van der Waals surface area (Å²) >= 11 is 0. The summed E-state index contributed by atoms with van der Waals surface area (Å²) in [5, 5.41) is 9.69. The number of rotatable bonds is 2. The van der Waals surface area contributed by atoms with Gasteiger partial charge in [-0.1, -0.05) is 12.2 Å². The molecule has 5 aliphatic rings. The first-order valence-electron chi connectivity index (χ1n) is 8.95. The highest BCUT2D eigenvalue weighted by Crippen LogP contribution is 2.46. The Morgan fingerprint density at radius 3 is 2.50 bits per heavy atom. The Bertz CT molecular complexity index is 568. The number of morpholine rings is 1. The van der Waals surface area contributed by atoms with E-state index in [2.05, 4.69) is 6.08 Å². The van der Waals surface area contributed by atoms with Gasteiger partial charge in [-0.15, -0.1) is 0 Å². The normalized spacial score (nSPS) is 44.2. The van der Waals surface area contributed by atoms with E-state index in [4.69, 9.17) is 9.47 Å². The van der Waals surface area contributed by atoms with Gasteiger partial charge in [0, 0.05) is 19.6 Å². The van der Waals surface area contributed by atoms with Gasteiger partial charge < -0.3 is 19.5 Å². The molecule has 3 aliphatic carbocycles. The summed E-state index contributed by atoms with van der Waals surface area (Å²) in [5.74, 6) is -1.83. The fraction of sp³-hybridized carbons (Fsp3) is 0.778. The standard InChI is InChI=1S/C18H25NO5/c1-11-8-19(9-18(24-11)6-7-23-10-18)16(20)14-12-2-4-13(5-3-12)15(14)17(21)22/h2,4,11-15H,3,5-10H2,1H3,(H,21,22). The van der Waals surface area contributed by atoms with Gasteiger partial charge in [-0.05, 0) is 31.6 Å². The second-order valence-electron chi connectivity index (χ2n) is 7.81. The molecule has 132 valence electrons. The summed E-state index contributed by atoms with van der Waals surface area (Å²) in [6, 6.07) is 0. The van der Waals surface area contributed by atoms with Crippen molar-refractivity contribution in [2.75, 3.05) is 26.3 Å². The topological polar surface area (TPSA) is 76.1 Å². The molecule has 2 heterocycles. The second kappa shape index (κ2) is 5.85. The van der Waals surface area contributed by atoms with Crippen LogP contribution in [-0.2, 0) is 19.1 Å². The molecule has 2 bridgehead atoms. The third-order valence-electron chi connectivity index (χ3n) is 6.11. The Kier molecular flexibility index (Phi) is 3.92. The van der Waals surface area contributed by atoms with Crippen LogP contribution in [0.2, 0.25) is 0 Å². The van der Waals surface area contributed by atoms with Crippen LogP contribution >= 0.6 is 0 Å². The van der Waals surface area contributed by atoms with E-state index >= 15 is 0 Å². The average molecular weight is 335 g/mol. The second-order valence-corrected chi connectivity index (χ2v) is 7.81. The van der Waals surface area contributed by atoms with Crippen LogP contribution in [0.15, 0.2) is 12.2 Å². The molecule has 5 rings (SSSR count). The minimum Gasteiger partial charge on any atom is -0.481 e.